The smallest absolute Gasteiger partial charge is 0.324 e. The Morgan fingerprint density at radius 3 is 2.46 bits per heavy atom. The van der Waals surface area contributed by atoms with Crippen LogP contribution in [0.2, 0.25) is 0 Å². The van der Waals surface area contributed by atoms with E-state index in [4.69, 9.17) is 30.3 Å². The zero-order chi connectivity index (χ0) is 20.9. The van der Waals surface area contributed by atoms with Gasteiger partial charge in [0.2, 0.25) is 5.91 Å². The SMILES string of the molecule is COC[C@H]1C[C@H](NC(=O)CCN2C(=O)C=CC2=O)[C@@H](OC)C1OP(O)(=S)OC. The molecule has 10 nitrogen and oxygen atoms in total. The first-order chi connectivity index (χ1) is 13.2. The van der Waals surface area contributed by atoms with Gasteiger partial charge in [-0.3, -0.25) is 19.3 Å². The van der Waals surface area contributed by atoms with E-state index in [2.05, 4.69) is 5.32 Å². The van der Waals surface area contributed by atoms with Gasteiger partial charge in [-0.05, 0) is 18.2 Å². The van der Waals surface area contributed by atoms with Gasteiger partial charge in [0.25, 0.3) is 11.8 Å². The number of carbonyl (C=O) groups is 3. The standard InChI is InChI=1S/C16H25N2O8PS/c1-23-9-10-8-11(16(24-2)15(10)26-27(22,28)25-3)17-12(19)6-7-18-13(20)4-5-14(18)21/h4-5,10-11,15-16H,6-9H2,1-3H3,(H,17,19)(H,22,28)/t10-,11+,15?,16-,27?/m1/s1. The van der Waals surface area contributed by atoms with Gasteiger partial charge in [0, 0.05) is 52.4 Å². The number of carbonyl (C=O) groups excluding carboxylic acids is 3. The molecule has 0 aromatic rings. The Balaban J connectivity index is 1.99. The van der Waals surface area contributed by atoms with Crippen molar-refractivity contribution >= 4 is 36.2 Å². The Morgan fingerprint density at radius 1 is 1.29 bits per heavy atom. The predicted molar refractivity (Wildman–Crippen MR) is 102 cm³/mol. The maximum absolute atomic E-state index is 12.3. The first-order valence-electron chi connectivity index (χ1n) is 8.64. The summed E-state index contributed by atoms with van der Waals surface area (Å²) in [6.07, 6.45) is 1.57. The second kappa shape index (κ2) is 10.0. The summed E-state index contributed by atoms with van der Waals surface area (Å²) in [7, 11) is 4.27. The molecule has 0 saturated heterocycles. The quantitative estimate of drug-likeness (QED) is 0.351. The first-order valence-corrected chi connectivity index (χ1v) is 11.2. The number of rotatable bonds is 10. The molecule has 158 valence electrons. The average Bonchev–Trinajstić information content (AvgIpc) is 3.12. The lowest BCUT2D eigenvalue weighted by atomic mass is 10.1. The van der Waals surface area contributed by atoms with Gasteiger partial charge in [-0.1, -0.05) is 0 Å². The van der Waals surface area contributed by atoms with Crippen molar-refractivity contribution in [3.63, 3.8) is 0 Å². The highest BCUT2D eigenvalue weighted by atomic mass is 32.5. The highest BCUT2D eigenvalue weighted by Crippen LogP contribution is 2.48. The first kappa shape index (κ1) is 23.1. The predicted octanol–water partition coefficient (Wildman–Crippen LogP) is -0.284. The topological polar surface area (TPSA) is 124 Å². The maximum Gasteiger partial charge on any atom is 0.324 e. The Labute approximate surface area is 168 Å². The van der Waals surface area contributed by atoms with Crippen LogP contribution in [0.4, 0.5) is 0 Å². The van der Waals surface area contributed by atoms with Crippen LogP contribution in [0.3, 0.4) is 0 Å². The van der Waals surface area contributed by atoms with Crippen LogP contribution >= 0.6 is 6.72 Å². The van der Waals surface area contributed by atoms with Crippen LogP contribution in [-0.2, 0) is 44.7 Å². The van der Waals surface area contributed by atoms with Gasteiger partial charge in [-0.2, -0.15) is 0 Å². The fourth-order valence-electron chi connectivity index (χ4n) is 3.39. The minimum absolute atomic E-state index is 0.0105. The van der Waals surface area contributed by atoms with E-state index in [1.54, 1.807) is 0 Å². The summed E-state index contributed by atoms with van der Waals surface area (Å²) < 4.78 is 21.2. The van der Waals surface area contributed by atoms with Crippen molar-refractivity contribution < 1.29 is 37.8 Å². The summed E-state index contributed by atoms with van der Waals surface area (Å²) in [5.74, 6) is -1.40. The zero-order valence-electron chi connectivity index (χ0n) is 15.9. The van der Waals surface area contributed by atoms with Gasteiger partial charge in [0.05, 0.1) is 12.6 Å². The number of nitrogens with one attached hydrogen (secondary N) is 1. The van der Waals surface area contributed by atoms with Gasteiger partial charge in [-0.15, -0.1) is 0 Å². The monoisotopic (exact) mass is 436 g/mol. The summed E-state index contributed by atoms with van der Waals surface area (Å²) >= 11 is 4.93. The summed E-state index contributed by atoms with van der Waals surface area (Å²) in [6, 6.07) is -0.419. The molecular weight excluding hydrogens is 411 g/mol. The number of amides is 3. The van der Waals surface area contributed by atoms with E-state index in [0.29, 0.717) is 13.0 Å². The summed E-state index contributed by atoms with van der Waals surface area (Å²) in [4.78, 5) is 46.5. The number of hydrogen-bond donors (Lipinski definition) is 2. The number of methoxy groups -OCH3 is 2. The van der Waals surface area contributed by atoms with Crippen molar-refractivity contribution in [2.24, 2.45) is 5.92 Å². The van der Waals surface area contributed by atoms with Crippen LogP contribution in [-0.4, -0.2) is 80.2 Å². The average molecular weight is 436 g/mol. The lowest BCUT2D eigenvalue weighted by Gasteiger charge is -2.28. The summed E-state index contributed by atoms with van der Waals surface area (Å²) in [6.45, 7) is -3.13. The minimum atomic E-state index is -3.44. The third-order valence-electron chi connectivity index (χ3n) is 4.69. The molecule has 3 amide bonds. The molecule has 1 fully saturated rings. The molecule has 28 heavy (non-hydrogen) atoms. The van der Waals surface area contributed by atoms with Crippen molar-refractivity contribution in [1.82, 2.24) is 10.2 Å². The third kappa shape index (κ3) is 5.66. The van der Waals surface area contributed by atoms with Gasteiger partial charge >= 0.3 is 6.72 Å². The molecule has 1 heterocycles. The molecule has 5 atom stereocenters. The van der Waals surface area contributed by atoms with Crippen LogP contribution in [0, 0.1) is 5.92 Å². The molecule has 2 aliphatic rings. The lowest BCUT2D eigenvalue weighted by molar-refractivity contribution is -0.137. The van der Waals surface area contributed by atoms with Crippen molar-refractivity contribution in [2.45, 2.75) is 31.1 Å². The van der Waals surface area contributed by atoms with Gasteiger partial charge in [0.1, 0.15) is 12.2 Å². The van der Waals surface area contributed by atoms with E-state index in [9.17, 15) is 19.3 Å². The van der Waals surface area contributed by atoms with Crippen LogP contribution in [0.5, 0.6) is 0 Å². The van der Waals surface area contributed by atoms with Gasteiger partial charge < -0.3 is 28.7 Å². The molecular formula is C16H25N2O8PS. The highest BCUT2D eigenvalue weighted by molar-refractivity contribution is 8.07. The molecule has 2 unspecified atom stereocenters. The molecule has 0 aromatic heterocycles. The van der Waals surface area contributed by atoms with Crippen LogP contribution in [0.15, 0.2) is 12.2 Å². The molecule has 0 aromatic carbocycles. The third-order valence-corrected chi connectivity index (χ3v) is 6.37. The molecule has 1 aliphatic heterocycles. The molecule has 1 saturated carbocycles. The van der Waals surface area contributed by atoms with E-state index in [1.165, 1.54) is 33.5 Å². The van der Waals surface area contributed by atoms with E-state index in [0.717, 1.165) is 4.90 Å². The number of hydrogen-bond acceptors (Lipinski definition) is 8. The molecule has 0 bridgehead atoms. The van der Waals surface area contributed by atoms with Gasteiger partial charge in [0.15, 0.2) is 0 Å². The lowest BCUT2D eigenvalue weighted by Crippen LogP contribution is -2.45. The van der Waals surface area contributed by atoms with Crippen LogP contribution < -0.4 is 5.32 Å². The molecule has 2 rings (SSSR count). The van der Waals surface area contributed by atoms with E-state index in [1.807, 2.05) is 0 Å². The van der Waals surface area contributed by atoms with Crippen molar-refractivity contribution in [2.75, 3.05) is 34.5 Å². The minimum Gasteiger partial charge on any atom is -0.384 e. The molecule has 2 N–H and O–H groups in total. The van der Waals surface area contributed by atoms with Crippen LogP contribution in [0.25, 0.3) is 0 Å². The fraction of sp³-hybridized carbons (Fsp3) is 0.688. The largest absolute Gasteiger partial charge is 0.384 e. The van der Waals surface area contributed by atoms with Gasteiger partial charge in [-0.25, -0.2) is 0 Å². The Hall–Kier alpha value is -1.20. The van der Waals surface area contributed by atoms with Crippen molar-refractivity contribution in [3.05, 3.63) is 12.2 Å². The number of imide groups is 1. The molecule has 0 radical (unpaired) electrons. The Bertz CT molecular complexity index is 670. The molecule has 0 spiro atoms. The second-order valence-electron chi connectivity index (χ2n) is 6.46. The molecule has 12 heteroatoms. The fourth-order valence-corrected chi connectivity index (χ4v) is 4.38. The van der Waals surface area contributed by atoms with E-state index >= 15 is 0 Å². The zero-order valence-corrected chi connectivity index (χ0v) is 17.6. The van der Waals surface area contributed by atoms with E-state index < -0.39 is 36.8 Å². The normalized spacial score (nSPS) is 29.4. The highest BCUT2D eigenvalue weighted by Gasteiger charge is 2.47. The Kier molecular flexibility index (Phi) is 8.26. The Morgan fingerprint density at radius 2 is 1.93 bits per heavy atom. The number of nitrogens with zero attached hydrogens (tertiary/aromatic N) is 1. The van der Waals surface area contributed by atoms with E-state index in [-0.39, 0.29) is 24.8 Å². The van der Waals surface area contributed by atoms with Crippen LogP contribution in [0.1, 0.15) is 12.8 Å². The maximum atomic E-state index is 12.3. The van der Waals surface area contributed by atoms with Crippen molar-refractivity contribution in [3.8, 4) is 0 Å². The van der Waals surface area contributed by atoms with Crippen molar-refractivity contribution in [1.29, 1.82) is 0 Å². The number of ether oxygens (including phenoxy) is 2. The summed E-state index contributed by atoms with van der Waals surface area (Å²) in [5, 5.41) is 2.84. The summed E-state index contributed by atoms with van der Waals surface area (Å²) in [5.41, 5.74) is 0. The molecule has 1 aliphatic carbocycles. The second-order valence-corrected chi connectivity index (χ2v) is 9.36.